The fourth-order valence-corrected chi connectivity index (χ4v) is 2.90. The number of nitrogens with two attached hydrogens (primary N) is 1. The fraction of sp³-hybridized carbons (Fsp3) is 0.375. The number of ether oxygens (including phenoxy) is 1. The molecule has 3 atom stereocenters. The Bertz CT molecular complexity index is 569. The van der Waals surface area contributed by atoms with Gasteiger partial charge >= 0.3 is 0 Å². The maximum absolute atomic E-state index is 5.94. The Labute approximate surface area is 113 Å². The molecule has 3 nitrogen and oxygen atoms in total. The molecule has 3 rings (SSSR count). The maximum atomic E-state index is 5.94. The van der Waals surface area contributed by atoms with Crippen molar-refractivity contribution in [1.29, 1.82) is 0 Å². The van der Waals surface area contributed by atoms with Crippen LogP contribution in [0.2, 0.25) is 0 Å². The van der Waals surface area contributed by atoms with Gasteiger partial charge in [-0.15, -0.1) is 0 Å². The van der Waals surface area contributed by atoms with Crippen LogP contribution in [0.3, 0.4) is 0 Å². The summed E-state index contributed by atoms with van der Waals surface area (Å²) >= 11 is 0. The van der Waals surface area contributed by atoms with Gasteiger partial charge in [0.15, 0.2) is 0 Å². The van der Waals surface area contributed by atoms with E-state index in [9.17, 15) is 0 Å². The molecule has 3 N–H and O–H groups in total. The average molecular weight is 256 g/mol. The van der Waals surface area contributed by atoms with Crippen molar-refractivity contribution in [3.63, 3.8) is 0 Å². The van der Waals surface area contributed by atoms with Gasteiger partial charge in [-0.05, 0) is 42.2 Å². The minimum atomic E-state index is 0.0644. The maximum Gasteiger partial charge on any atom is 0.0787 e. The highest BCUT2D eigenvalue weighted by atomic mass is 16.5. The quantitative estimate of drug-likeness (QED) is 0.655. The van der Waals surface area contributed by atoms with Crippen LogP contribution in [0, 0.1) is 0 Å². The van der Waals surface area contributed by atoms with E-state index in [1.807, 2.05) is 0 Å². The van der Waals surface area contributed by atoms with Gasteiger partial charge < -0.3 is 4.74 Å². The molecule has 100 valence electrons. The van der Waals surface area contributed by atoms with E-state index in [2.05, 4.69) is 54.8 Å². The summed E-state index contributed by atoms with van der Waals surface area (Å²) in [5, 5.41) is 2.49. The van der Waals surface area contributed by atoms with Gasteiger partial charge in [-0.1, -0.05) is 36.4 Å². The molecule has 3 heteroatoms. The third-order valence-corrected chi connectivity index (χ3v) is 3.95. The van der Waals surface area contributed by atoms with Gasteiger partial charge in [-0.3, -0.25) is 11.3 Å². The highest BCUT2D eigenvalue weighted by molar-refractivity contribution is 5.83. The average Bonchev–Trinajstić information content (AvgIpc) is 2.86. The molecule has 1 aliphatic rings. The van der Waals surface area contributed by atoms with E-state index in [1.165, 1.54) is 16.3 Å². The molecule has 0 radical (unpaired) electrons. The normalized spacial score (nSPS) is 24.7. The largest absolute Gasteiger partial charge is 0.373 e. The van der Waals surface area contributed by atoms with E-state index >= 15 is 0 Å². The van der Waals surface area contributed by atoms with Crippen molar-refractivity contribution >= 4 is 10.8 Å². The summed E-state index contributed by atoms with van der Waals surface area (Å²) in [4.78, 5) is 0. The second-order valence-corrected chi connectivity index (χ2v) is 5.31. The lowest BCUT2D eigenvalue weighted by Gasteiger charge is -2.23. The first-order valence-corrected chi connectivity index (χ1v) is 6.88. The highest BCUT2D eigenvalue weighted by Crippen LogP contribution is 2.31. The predicted octanol–water partition coefficient (Wildman–Crippen LogP) is 2.91. The number of hydrogen-bond acceptors (Lipinski definition) is 3. The fourth-order valence-electron chi connectivity index (χ4n) is 2.90. The molecule has 0 aromatic heterocycles. The van der Waals surface area contributed by atoms with Gasteiger partial charge in [-0.2, -0.15) is 0 Å². The first-order chi connectivity index (χ1) is 9.28. The number of fused-ring (bicyclic) bond motifs is 1. The molecule has 0 saturated carbocycles. The SMILES string of the molecule is CC1CCC(C(NN)c2ccc3ccccc3c2)O1. The minimum absolute atomic E-state index is 0.0644. The van der Waals surface area contributed by atoms with Gasteiger partial charge in [0, 0.05) is 0 Å². The Morgan fingerprint density at radius 2 is 1.95 bits per heavy atom. The third kappa shape index (κ3) is 2.50. The van der Waals surface area contributed by atoms with E-state index < -0.39 is 0 Å². The summed E-state index contributed by atoms with van der Waals surface area (Å²) in [6, 6.07) is 14.9. The van der Waals surface area contributed by atoms with E-state index in [-0.39, 0.29) is 12.1 Å². The molecule has 1 aliphatic heterocycles. The summed E-state index contributed by atoms with van der Waals surface area (Å²) < 4.78 is 5.94. The number of nitrogens with one attached hydrogen (secondary N) is 1. The predicted molar refractivity (Wildman–Crippen MR) is 77.6 cm³/mol. The minimum Gasteiger partial charge on any atom is -0.373 e. The molecule has 19 heavy (non-hydrogen) atoms. The van der Waals surface area contributed by atoms with E-state index in [1.54, 1.807) is 0 Å². The van der Waals surface area contributed by atoms with Crippen LogP contribution < -0.4 is 11.3 Å². The van der Waals surface area contributed by atoms with Gasteiger partial charge in [-0.25, -0.2) is 0 Å². The molecule has 0 aliphatic carbocycles. The zero-order chi connectivity index (χ0) is 13.2. The van der Waals surface area contributed by atoms with Crippen molar-refractivity contribution in [1.82, 2.24) is 5.43 Å². The molecule has 1 fully saturated rings. The second kappa shape index (κ2) is 5.29. The molecule has 0 amide bonds. The Hall–Kier alpha value is -1.42. The van der Waals surface area contributed by atoms with Crippen LogP contribution in [-0.2, 0) is 4.74 Å². The van der Waals surface area contributed by atoms with Crippen molar-refractivity contribution in [2.45, 2.75) is 38.0 Å². The third-order valence-electron chi connectivity index (χ3n) is 3.95. The van der Waals surface area contributed by atoms with Crippen molar-refractivity contribution in [2.24, 2.45) is 5.84 Å². The highest BCUT2D eigenvalue weighted by Gasteiger charge is 2.30. The van der Waals surface area contributed by atoms with Gasteiger partial charge in [0.2, 0.25) is 0 Å². The van der Waals surface area contributed by atoms with Gasteiger partial charge in [0.05, 0.1) is 18.2 Å². The van der Waals surface area contributed by atoms with Crippen LogP contribution in [-0.4, -0.2) is 12.2 Å². The Kier molecular flexibility index (Phi) is 3.51. The van der Waals surface area contributed by atoms with Crippen molar-refractivity contribution in [3.8, 4) is 0 Å². The molecule has 1 saturated heterocycles. The molecule has 2 aromatic carbocycles. The molecule has 0 bridgehead atoms. The zero-order valence-electron chi connectivity index (χ0n) is 11.2. The van der Waals surface area contributed by atoms with Crippen molar-refractivity contribution in [3.05, 3.63) is 48.0 Å². The number of hydrogen-bond donors (Lipinski definition) is 2. The summed E-state index contributed by atoms with van der Waals surface area (Å²) in [5.74, 6) is 5.74. The lowest BCUT2D eigenvalue weighted by Crippen LogP contribution is -2.36. The summed E-state index contributed by atoms with van der Waals surface area (Å²) in [7, 11) is 0. The molecular formula is C16H20N2O. The molecular weight excluding hydrogens is 236 g/mol. The lowest BCUT2D eigenvalue weighted by molar-refractivity contribution is 0.0316. The first kappa shape index (κ1) is 12.6. The Morgan fingerprint density at radius 1 is 1.16 bits per heavy atom. The van der Waals surface area contributed by atoms with Crippen molar-refractivity contribution in [2.75, 3.05) is 0 Å². The van der Waals surface area contributed by atoms with Crippen LogP contribution in [0.1, 0.15) is 31.4 Å². The summed E-state index contributed by atoms with van der Waals surface area (Å²) in [5.41, 5.74) is 4.12. The number of hydrazine groups is 1. The van der Waals surface area contributed by atoms with Crippen LogP contribution in [0.5, 0.6) is 0 Å². The molecule has 2 aromatic rings. The summed E-state index contributed by atoms with van der Waals surface area (Å²) in [6.45, 7) is 2.12. The van der Waals surface area contributed by atoms with Crippen LogP contribution in [0.15, 0.2) is 42.5 Å². The van der Waals surface area contributed by atoms with E-state index in [0.29, 0.717) is 6.10 Å². The van der Waals surface area contributed by atoms with Crippen LogP contribution in [0.25, 0.3) is 10.8 Å². The molecule has 0 spiro atoms. The van der Waals surface area contributed by atoms with Crippen LogP contribution in [0.4, 0.5) is 0 Å². The standard InChI is InChI=1S/C16H20N2O/c1-11-6-9-15(19-11)16(18-17)14-8-7-12-4-2-3-5-13(12)10-14/h2-5,7-8,10-11,15-16,18H,6,9,17H2,1H3. The lowest BCUT2D eigenvalue weighted by atomic mass is 9.97. The zero-order valence-corrected chi connectivity index (χ0v) is 11.2. The first-order valence-electron chi connectivity index (χ1n) is 6.88. The monoisotopic (exact) mass is 256 g/mol. The molecule has 3 unspecified atom stereocenters. The van der Waals surface area contributed by atoms with Crippen LogP contribution >= 0.6 is 0 Å². The Balaban J connectivity index is 1.92. The van der Waals surface area contributed by atoms with Gasteiger partial charge in [0.25, 0.3) is 0 Å². The number of rotatable bonds is 3. The summed E-state index contributed by atoms with van der Waals surface area (Å²) in [6.07, 6.45) is 2.67. The topological polar surface area (TPSA) is 47.3 Å². The van der Waals surface area contributed by atoms with E-state index in [4.69, 9.17) is 10.6 Å². The van der Waals surface area contributed by atoms with Crippen molar-refractivity contribution < 1.29 is 4.74 Å². The second-order valence-electron chi connectivity index (χ2n) is 5.31. The van der Waals surface area contributed by atoms with Gasteiger partial charge in [0.1, 0.15) is 0 Å². The number of benzene rings is 2. The van der Waals surface area contributed by atoms with E-state index in [0.717, 1.165) is 12.8 Å². The molecule has 1 heterocycles. The Morgan fingerprint density at radius 3 is 2.63 bits per heavy atom. The smallest absolute Gasteiger partial charge is 0.0787 e.